The van der Waals surface area contributed by atoms with Crippen LogP contribution in [0.2, 0.25) is 0 Å². The molecule has 0 bridgehead atoms. The fraction of sp³-hybridized carbons (Fsp3) is 0.941. The molecule has 22 heavy (non-hydrogen) atoms. The van der Waals surface area contributed by atoms with Gasteiger partial charge in [-0.3, -0.25) is 4.79 Å². The number of carbonyl (C=O) groups is 1. The van der Waals surface area contributed by atoms with Gasteiger partial charge in [0.25, 0.3) is 0 Å². The van der Waals surface area contributed by atoms with E-state index < -0.39 is 0 Å². The van der Waals surface area contributed by atoms with Gasteiger partial charge in [-0.15, -0.1) is 12.4 Å². The van der Waals surface area contributed by atoms with Crippen LogP contribution in [0.1, 0.15) is 52.9 Å². The molecule has 0 radical (unpaired) electrons. The second kappa shape index (κ2) is 8.51. The van der Waals surface area contributed by atoms with Crippen molar-refractivity contribution in [1.29, 1.82) is 0 Å². The van der Waals surface area contributed by atoms with E-state index in [0.717, 1.165) is 52.0 Å². The van der Waals surface area contributed by atoms with Gasteiger partial charge < -0.3 is 15.4 Å². The van der Waals surface area contributed by atoms with Crippen molar-refractivity contribution in [2.75, 3.05) is 26.3 Å². The van der Waals surface area contributed by atoms with E-state index in [0.29, 0.717) is 17.3 Å². The quantitative estimate of drug-likeness (QED) is 0.846. The zero-order valence-corrected chi connectivity index (χ0v) is 15.2. The third kappa shape index (κ3) is 5.10. The largest absolute Gasteiger partial charge is 0.381 e. The predicted molar refractivity (Wildman–Crippen MR) is 92.1 cm³/mol. The molecule has 130 valence electrons. The summed E-state index contributed by atoms with van der Waals surface area (Å²) in [5.41, 5.74) is 6.58. The molecule has 0 spiro atoms. The normalized spacial score (nSPS) is 26.0. The number of nitrogens with zero attached hydrogens (tertiary/aromatic N) is 1. The number of carbonyl (C=O) groups excluding carboxylic acids is 1. The number of hydrogen-bond acceptors (Lipinski definition) is 3. The highest BCUT2D eigenvalue weighted by Crippen LogP contribution is 2.34. The summed E-state index contributed by atoms with van der Waals surface area (Å²) < 4.78 is 5.37. The molecule has 4 nitrogen and oxygen atoms in total. The fourth-order valence-electron chi connectivity index (χ4n) is 3.67. The maximum atomic E-state index is 12.7. The van der Waals surface area contributed by atoms with Crippen LogP contribution in [0.3, 0.4) is 0 Å². The van der Waals surface area contributed by atoms with Crippen molar-refractivity contribution >= 4 is 18.3 Å². The lowest BCUT2D eigenvalue weighted by molar-refractivity contribution is -0.134. The highest BCUT2D eigenvalue weighted by molar-refractivity contribution is 5.85. The molecule has 1 amide bonds. The second-order valence-electron chi connectivity index (χ2n) is 7.79. The highest BCUT2D eigenvalue weighted by atomic mass is 35.5. The lowest BCUT2D eigenvalue weighted by atomic mass is 9.77. The van der Waals surface area contributed by atoms with E-state index in [1.807, 2.05) is 4.90 Å². The number of amides is 1. The van der Waals surface area contributed by atoms with E-state index in [9.17, 15) is 4.79 Å². The van der Waals surface area contributed by atoms with E-state index >= 15 is 0 Å². The van der Waals surface area contributed by atoms with Crippen molar-refractivity contribution in [2.45, 2.75) is 58.9 Å². The summed E-state index contributed by atoms with van der Waals surface area (Å²) in [4.78, 5) is 14.7. The van der Waals surface area contributed by atoms with E-state index in [-0.39, 0.29) is 24.4 Å². The van der Waals surface area contributed by atoms with E-state index in [1.54, 1.807) is 0 Å². The number of likely N-dealkylation sites (tertiary alicyclic amines) is 1. The van der Waals surface area contributed by atoms with Gasteiger partial charge in [-0.1, -0.05) is 20.8 Å². The molecule has 2 aliphatic rings. The van der Waals surface area contributed by atoms with Gasteiger partial charge in [0.15, 0.2) is 0 Å². The van der Waals surface area contributed by atoms with E-state index in [1.165, 1.54) is 6.42 Å². The molecule has 2 heterocycles. The van der Waals surface area contributed by atoms with Crippen LogP contribution in [-0.2, 0) is 9.53 Å². The average molecular weight is 333 g/mol. The zero-order valence-electron chi connectivity index (χ0n) is 14.3. The molecule has 2 fully saturated rings. The molecule has 2 atom stereocenters. The Morgan fingerprint density at radius 2 is 1.77 bits per heavy atom. The SMILES string of the molecule is CC(C)(C)C1CCCN(C(=O)C(N)C2CCOCC2)CC1.Cl. The van der Waals surface area contributed by atoms with Gasteiger partial charge >= 0.3 is 0 Å². The van der Waals surface area contributed by atoms with E-state index in [4.69, 9.17) is 10.5 Å². The Kier molecular flexibility index (Phi) is 7.63. The van der Waals surface area contributed by atoms with Crippen LogP contribution >= 0.6 is 12.4 Å². The summed E-state index contributed by atoms with van der Waals surface area (Å²) in [6, 6.07) is -0.333. The number of nitrogens with two attached hydrogens (primary N) is 1. The Morgan fingerprint density at radius 1 is 1.14 bits per heavy atom. The van der Waals surface area contributed by atoms with E-state index in [2.05, 4.69) is 20.8 Å². The first kappa shape index (κ1) is 19.7. The number of rotatable bonds is 2. The van der Waals surface area contributed by atoms with Gasteiger partial charge in [0.2, 0.25) is 5.91 Å². The van der Waals surface area contributed by atoms with Crippen molar-refractivity contribution in [2.24, 2.45) is 23.0 Å². The smallest absolute Gasteiger partial charge is 0.239 e. The van der Waals surface area contributed by atoms with Gasteiger partial charge in [0, 0.05) is 26.3 Å². The van der Waals surface area contributed by atoms with Crippen molar-refractivity contribution < 1.29 is 9.53 Å². The molecular weight excluding hydrogens is 300 g/mol. The molecule has 2 unspecified atom stereocenters. The summed E-state index contributed by atoms with van der Waals surface area (Å²) in [6.07, 6.45) is 5.28. The molecule has 0 aliphatic carbocycles. The van der Waals surface area contributed by atoms with Gasteiger partial charge in [-0.25, -0.2) is 0 Å². The lowest BCUT2D eigenvalue weighted by Gasteiger charge is -2.32. The van der Waals surface area contributed by atoms with Crippen LogP contribution in [0.5, 0.6) is 0 Å². The molecule has 0 aromatic heterocycles. The summed E-state index contributed by atoms with van der Waals surface area (Å²) in [6.45, 7) is 10.2. The van der Waals surface area contributed by atoms with Crippen LogP contribution in [-0.4, -0.2) is 43.2 Å². The van der Waals surface area contributed by atoms with Crippen LogP contribution in [0, 0.1) is 17.3 Å². The summed E-state index contributed by atoms with van der Waals surface area (Å²) in [5.74, 6) is 1.17. The molecule has 2 saturated heterocycles. The summed E-state index contributed by atoms with van der Waals surface area (Å²) in [5, 5.41) is 0. The molecular formula is C17H33ClN2O2. The summed E-state index contributed by atoms with van der Waals surface area (Å²) in [7, 11) is 0. The average Bonchev–Trinajstić information content (AvgIpc) is 2.72. The first-order valence-corrected chi connectivity index (χ1v) is 8.51. The maximum absolute atomic E-state index is 12.7. The first-order chi connectivity index (χ1) is 9.89. The van der Waals surface area contributed by atoms with Gasteiger partial charge in [0.1, 0.15) is 0 Å². The minimum Gasteiger partial charge on any atom is -0.381 e. The van der Waals surface area contributed by atoms with Crippen molar-refractivity contribution in [3.63, 3.8) is 0 Å². The third-order valence-electron chi connectivity index (χ3n) is 5.32. The maximum Gasteiger partial charge on any atom is 0.239 e. The molecule has 0 aromatic rings. The molecule has 2 N–H and O–H groups in total. The zero-order chi connectivity index (χ0) is 15.5. The number of ether oxygens (including phenoxy) is 1. The number of hydrogen-bond donors (Lipinski definition) is 1. The minimum atomic E-state index is -0.333. The van der Waals surface area contributed by atoms with Gasteiger partial charge in [0.05, 0.1) is 6.04 Å². The van der Waals surface area contributed by atoms with Crippen molar-refractivity contribution in [1.82, 2.24) is 4.90 Å². The summed E-state index contributed by atoms with van der Waals surface area (Å²) >= 11 is 0. The molecule has 0 saturated carbocycles. The van der Waals surface area contributed by atoms with Crippen LogP contribution in [0.25, 0.3) is 0 Å². The van der Waals surface area contributed by atoms with Crippen LogP contribution < -0.4 is 5.73 Å². The highest BCUT2D eigenvalue weighted by Gasteiger charge is 2.33. The first-order valence-electron chi connectivity index (χ1n) is 8.51. The molecule has 2 aliphatic heterocycles. The van der Waals surface area contributed by atoms with Crippen LogP contribution in [0.15, 0.2) is 0 Å². The molecule has 2 rings (SSSR count). The second-order valence-corrected chi connectivity index (χ2v) is 7.79. The Labute approximate surface area is 141 Å². The third-order valence-corrected chi connectivity index (χ3v) is 5.32. The topological polar surface area (TPSA) is 55.6 Å². The Bertz CT molecular complexity index is 351. The Hall–Kier alpha value is -0.320. The standard InChI is InChI=1S/C17H32N2O2.ClH/c1-17(2,3)14-5-4-9-19(10-6-14)16(20)15(18)13-7-11-21-12-8-13;/h13-15H,4-12,18H2,1-3H3;1H. The Balaban J connectivity index is 0.00000242. The van der Waals surface area contributed by atoms with Gasteiger partial charge in [-0.05, 0) is 49.4 Å². The molecule has 0 aromatic carbocycles. The molecule has 5 heteroatoms. The fourth-order valence-corrected chi connectivity index (χ4v) is 3.67. The lowest BCUT2D eigenvalue weighted by Crippen LogP contribution is -2.49. The van der Waals surface area contributed by atoms with Crippen LogP contribution in [0.4, 0.5) is 0 Å². The number of halogens is 1. The monoisotopic (exact) mass is 332 g/mol. The van der Waals surface area contributed by atoms with Crippen molar-refractivity contribution in [3.8, 4) is 0 Å². The minimum absolute atomic E-state index is 0. The predicted octanol–water partition coefficient (Wildman–Crippen LogP) is 2.84. The van der Waals surface area contributed by atoms with Gasteiger partial charge in [-0.2, -0.15) is 0 Å². The van der Waals surface area contributed by atoms with Crippen molar-refractivity contribution in [3.05, 3.63) is 0 Å². The Morgan fingerprint density at radius 3 is 2.36 bits per heavy atom.